The SMILES string of the molecule is O=C(CNc1ccc(F)cc1Cl)NCC(F)(F)F. The molecular formula is C10H9ClF4N2O. The number of carbonyl (C=O) groups is 1. The van der Waals surface area contributed by atoms with Gasteiger partial charge in [-0.3, -0.25) is 4.79 Å². The molecule has 0 heterocycles. The van der Waals surface area contributed by atoms with Crippen LogP contribution < -0.4 is 10.6 Å². The van der Waals surface area contributed by atoms with E-state index in [0.717, 1.165) is 12.1 Å². The van der Waals surface area contributed by atoms with Crippen molar-refractivity contribution in [2.24, 2.45) is 0 Å². The topological polar surface area (TPSA) is 41.1 Å². The molecule has 1 rings (SSSR count). The van der Waals surface area contributed by atoms with Gasteiger partial charge in [-0.15, -0.1) is 0 Å². The first-order valence-corrected chi connectivity index (χ1v) is 5.18. The van der Waals surface area contributed by atoms with Crippen LogP contribution in [0.2, 0.25) is 5.02 Å². The van der Waals surface area contributed by atoms with E-state index in [0.29, 0.717) is 0 Å². The van der Waals surface area contributed by atoms with E-state index in [4.69, 9.17) is 11.6 Å². The number of hydrogen-bond donors (Lipinski definition) is 2. The van der Waals surface area contributed by atoms with Crippen LogP contribution in [0, 0.1) is 5.82 Å². The lowest BCUT2D eigenvalue weighted by molar-refractivity contribution is -0.137. The van der Waals surface area contributed by atoms with Gasteiger partial charge in [0.15, 0.2) is 0 Å². The van der Waals surface area contributed by atoms with Gasteiger partial charge in [-0.1, -0.05) is 11.6 Å². The molecule has 1 aromatic carbocycles. The Morgan fingerprint density at radius 3 is 2.56 bits per heavy atom. The molecule has 0 bridgehead atoms. The summed E-state index contributed by atoms with van der Waals surface area (Å²) in [6.45, 7) is -1.79. The molecule has 0 atom stereocenters. The highest BCUT2D eigenvalue weighted by atomic mass is 35.5. The third-order valence-electron chi connectivity index (χ3n) is 1.86. The smallest absolute Gasteiger partial charge is 0.375 e. The van der Waals surface area contributed by atoms with Crippen LogP contribution in [0.3, 0.4) is 0 Å². The third kappa shape index (κ3) is 5.22. The molecule has 1 amide bonds. The van der Waals surface area contributed by atoms with Crippen molar-refractivity contribution < 1.29 is 22.4 Å². The molecule has 0 spiro atoms. The fraction of sp³-hybridized carbons (Fsp3) is 0.300. The maximum absolute atomic E-state index is 12.7. The Bertz CT molecular complexity index is 436. The molecule has 2 N–H and O–H groups in total. The number of alkyl halides is 3. The van der Waals surface area contributed by atoms with Crippen LogP contribution in [0.4, 0.5) is 23.2 Å². The number of anilines is 1. The van der Waals surface area contributed by atoms with Crippen molar-refractivity contribution in [3.63, 3.8) is 0 Å². The summed E-state index contributed by atoms with van der Waals surface area (Å²) in [5.41, 5.74) is 0.264. The lowest BCUT2D eigenvalue weighted by Gasteiger charge is -2.10. The summed E-state index contributed by atoms with van der Waals surface area (Å²) < 4.78 is 48.1. The molecule has 0 aliphatic carbocycles. The zero-order valence-corrected chi connectivity index (χ0v) is 9.70. The highest BCUT2D eigenvalue weighted by Crippen LogP contribution is 2.21. The summed E-state index contributed by atoms with van der Waals surface area (Å²) >= 11 is 5.65. The zero-order chi connectivity index (χ0) is 13.8. The van der Waals surface area contributed by atoms with Crippen LogP contribution in [0.15, 0.2) is 18.2 Å². The van der Waals surface area contributed by atoms with Gasteiger partial charge in [-0.05, 0) is 18.2 Å². The summed E-state index contributed by atoms with van der Waals surface area (Å²) in [5, 5.41) is 4.22. The summed E-state index contributed by atoms with van der Waals surface area (Å²) in [7, 11) is 0. The molecule has 8 heteroatoms. The molecule has 0 aliphatic rings. The van der Waals surface area contributed by atoms with Gasteiger partial charge in [0.05, 0.1) is 17.3 Å². The molecular weight excluding hydrogens is 276 g/mol. The highest BCUT2D eigenvalue weighted by Gasteiger charge is 2.27. The first-order chi connectivity index (χ1) is 8.28. The Morgan fingerprint density at radius 2 is 2.00 bits per heavy atom. The van der Waals surface area contributed by atoms with E-state index in [1.807, 2.05) is 0 Å². The van der Waals surface area contributed by atoms with Gasteiger partial charge in [-0.25, -0.2) is 4.39 Å². The molecule has 1 aromatic rings. The van der Waals surface area contributed by atoms with E-state index in [1.54, 1.807) is 5.32 Å². The number of halogens is 5. The van der Waals surface area contributed by atoms with Crippen molar-refractivity contribution in [2.75, 3.05) is 18.4 Å². The standard InChI is InChI=1S/C10H9ClF4N2O/c11-7-3-6(12)1-2-8(7)16-4-9(18)17-5-10(13,14)15/h1-3,16H,4-5H2,(H,17,18). The van der Waals surface area contributed by atoms with Crippen molar-refractivity contribution in [3.05, 3.63) is 29.0 Å². The Balaban J connectivity index is 2.43. The molecule has 0 saturated heterocycles. The van der Waals surface area contributed by atoms with Crippen LogP contribution in [0.25, 0.3) is 0 Å². The number of amides is 1. The fourth-order valence-electron chi connectivity index (χ4n) is 1.07. The summed E-state index contributed by atoms with van der Waals surface area (Å²) in [5.74, 6) is -1.39. The largest absolute Gasteiger partial charge is 0.405 e. The molecule has 0 aromatic heterocycles. The predicted molar refractivity (Wildman–Crippen MR) is 59.0 cm³/mol. The van der Waals surface area contributed by atoms with Crippen molar-refractivity contribution in [3.8, 4) is 0 Å². The number of rotatable bonds is 4. The normalized spacial score (nSPS) is 11.2. The molecule has 100 valence electrons. The average molecular weight is 285 g/mol. The van der Waals surface area contributed by atoms with E-state index < -0.39 is 24.4 Å². The molecule has 0 saturated carbocycles. The zero-order valence-electron chi connectivity index (χ0n) is 8.94. The monoisotopic (exact) mass is 284 g/mol. The minimum Gasteiger partial charge on any atom is -0.375 e. The van der Waals surface area contributed by atoms with Crippen LogP contribution in [0.5, 0.6) is 0 Å². The highest BCUT2D eigenvalue weighted by molar-refractivity contribution is 6.33. The Labute approximate surface area is 105 Å². The van der Waals surface area contributed by atoms with E-state index in [-0.39, 0.29) is 17.3 Å². The van der Waals surface area contributed by atoms with Crippen molar-refractivity contribution in [2.45, 2.75) is 6.18 Å². The van der Waals surface area contributed by atoms with Gasteiger partial charge in [0, 0.05) is 0 Å². The van der Waals surface area contributed by atoms with Gasteiger partial charge in [0.25, 0.3) is 0 Å². The van der Waals surface area contributed by atoms with Crippen molar-refractivity contribution >= 4 is 23.2 Å². The summed E-state index contributed by atoms with van der Waals surface area (Å²) in [6, 6.07) is 3.42. The Hall–Kier alpha value is -1.50. The van der Waals surface area contributed by atoms with Gasteiger partial charge < -0.3 is 10.6 Å². The number of nitrogens with one attached hydrogen (secondary N) is 2. The summed E-state index contributed by atoms with van der Waals surface area (Å²) in [6.07, 6.45) is -4.46. The first kappa shape index (κ1) is 14.6. The van der Waals surface area contributed by atoms with Crippen molar-refractivity contribution in [1.82, 2.24) is 5.32 Å². The van der Waals surface area contributed by atoms with Crippen LogP contribution in [-0.2, 0) is 4.79 Å². The lowest BCUT2D eigenvalue weighted by Crippen LogP contribution is -2.37. The van der Waals surface area contributed by atoms with E-state index >= 15 is 0 Å². The van der Waals surface area contributed by atoms with E-state index in [2.05, 4.69) is 5.32 Å². The molecule has 0 fully saturated rings. The fourth-order valence-corrected chi connectivity index (χ4v) is 1.30. The maximum atomic E-state index is 12.7. The average Bonchev–Trinajstić information content (AvgIpc) is 2.24. The lowest BCUT2D eigenvalue weighted by atomic mass is 10.3. The Morgan fingerprint density at radius 1 is 1.33 bits per heavy atom. The minimum atomic E-state index is -4.46. The number of carbonyl (C=O) groups excluding carboxylic acids is 1. The van der Waals surface area contributed by atoms with Gasteiger partial charge in [-0.2, -0.15) is 13.2 Å². The first-order valence-electron chi connectivity index (χ1n) is 4.80. The van der Waals surface area contributed by atoms with Crippen LogP contribution >= 0.6 is 11.6 Å². The van der Waals surface area contributed by atoms with E-state index in [1.165, 1.54) is 6.07 Å². The number of hydrogen-bond acceptors (Lipinski definition) is 2. The third-order valence-corrected chi connectivity index (χ3v) is 2.17. The molecule has 0 unspecified atom stereocenters. The quantitative estimate of drug-likeness (QED) is 0.835. The van der Waals surface area contributed by atoms with Gasteiger partial charge in [0.2, 0.25) is 5.91 Å². The molecule has 0 aliphatic heterocycles. The van der Waals surface area contributed by atoms with Crippen molar-refractivity contribution in [1.29, 1.82) is 0 Å². The minimum absolute atomic E-state index is 0.0404. The molecule has 3 nitrogen and oxygen atoms in total. The predicted octanol–water partition coefficient (Wildman–Crippen LogP) is 2.57. The van der Waals surface area contributed by atoms with Gasteiger partial charge >= 0.3 is 6.18 Å². The Kier molecular flexibility index (Phi) is 4.77. The maximum Gasteiger partial charge on any atom is 0.405 e. The van der Waals surface area contributed by atoms with E-state index in [9.17, 15) is 22.4 Å². The number of benzene rings is 1. The van der Waals surface area contributed by atoms with Crippen LogP contribution in [0.1, 0.15) is 0 Å². The molecule has 0 radical (unpaired) electrons. The second kappa shape index (κ2) is 5.90. The second-order valence-corrected chi connectivity index (χ2v) is 3.78. The summed E-state index contributed by atoms with van der Waals surface area (Å²) in [4.78, 5) is 11.1. The molecule has 18 heavy (non-hydrogen) atoms. The second-order valence-electron chi connectivity index (χ2n) is 3.37. The van der Waals surface area contributed by atoms with Crippen LogP contribution in [-0.4, -0.2) is 25.2 Å². The van der Waals surface area contributed by atoms with Gasteiger partial charge in [0.1, 0.15) is 12.4 Å².